The van der Waals surface area contributed by atoms with Crippen molar-refractivity contribution in [3.63, 3.8) is 0 Å². The van der Waals surface area contributed by atoms with E-state index in [0.29, 0.717) is 34.8 Å². The van der Waals surface area contributed by atoms with Gasteiger partial charge in [0.15, 0.2) is 0 Å². The fourth-order valence-corrected chi connectivity index (χ4v) is 2.51. The fourth-order valence-electron chi connectivity index (χ4n) is 1.93. The highest BCUT2D eigenvalue weighted by molar-refractivity contribution is 7.99. The molecule has 0 radical (unpaired) electrons. The molecule has 0 aliphatic carbocycles. The molecule has 0 bridgehead atoms. The first kappa shape index (κ1) is 15.2. The summed E-state index contributed by atoms with van der Waals surface area (Å²) in [5, 5.41) is 17.3. The SMILES string of the molecule is Cc1occc1-c1nnc(SCCOc2cccc(C#N)c2)o1. The lowest BCUT2D eigenvalue weighted by atomic mass is 10.2. The average molecular weight is 327 g/mol. The number of rotatable bonds is 6. The number of furan rings is 1. The number of hydrogen-bond acceptors (Lipinski definition) is 7. The van der Waals surface area contributed by atoms with E-state index in [-0.39, 0.29) is 0 Å². The van der Waals surface area contributed by atoms with E-state index in [1.54, 1.807) is 30.5 Å². The second-order valence-electron chi connectivity index (χ2n) is 4.60. The van der Waals surface area contributed by atoms with E-state index in [0.717, 1.165) is 11.3 Å². The Balaban J connectivity index is 1.51. The van der Waals surface area contributed by atoms with E-state index >= 15 is 0 Å². The number of aryl methyl sites for hydroxylation is 1. The van der Waals surface area contributed by atoms with E-state index in [2.05, 4.69) is 16.3 Å². The topological polar surface area (TPSA) is 85.1 Å². The van der Waals surface area contributed by atoms with Gasteiger partial charge in [-0.05, 0) is 31.2 Å². The molecule has 0 aliphatic rings. The van der Waals surface area contributed by atoms with Gasteiger partial charge in [0.25, 0.3) is 11.1 Å². The van der Waals surface area contributed by atoms with Crippen LogP contribution in [0.5, 0.6) is 5.75 Å². The summed E-state index contributed by atoms with van der Waals surface area (Å²) in [5.74, 6) is 2.51. The molecular weight excluding hydrogens is 314 g/mol. The molecule has 0 atom stereocenters. The van der Waals surface area contributed by atoms with Crippen molar-refractivity contribution in [2.24, 2.45) is 0 Å². The number of nitrogens with zero attached hydrogens (tertiary/aromatic N) is 3. The second-order valence-corrected chi connectivity index (χ2v) is 5.65. The molecule has 0 aliphatic heterocycles. The van der Waals surface area contributed by atoms with Gasteiger partial charge in [-0.2, -0.15) is 5.26 Å². The Hall–Kier alpha value is -2.72. The third-order valence-corrected chi connectivity index (χ3v) is 3.82. The molecule has 1 aromatic carbocycles. The zero-order valence-corrected chi connectivity index (χ0v) is 13.2. The largest absolute Gasteiger partial charge is 0.493 e. The third kappa shape index (κ3) is 3.73. The molecule has 0 saturated heterocycles. The van der Waals surface area contributed by atoms with Crippen molar-refractivity contribution in [3.05, 3.63) is 47.9 Å². The van der Waals surface area contributed by atoms with E-state index in [1.165, 1.54) is 11.8 Å². The van der Waals surface area contributed by atoms with Crippen LogP contribution < -0.4 is 4.74 Å². The Morgan fingerprint density at radius 3 is 3.00 bits per heavy atom. The van der Waals surface area contributed by atoms with Gasteiger partial charge in [0.1, 0.15) is 11.5 Å². The van der Waals surface area contributed by atoms with Crippen LogP contribution in [0.1, 0.15) is 11.3 Å². The van der Waals surface area contributed by atoms with E-state index < -0.39 is 0 Å². The summed E-state index contributed by atoms with van der Waals surface area (Å²) in [5.41, 5.74) is 1.38. The summed E-state index contributed by atoms with van der Waals surface area (Å²) >= 11 is 1.41. The molecule has 7 heteroatoms. The minimum absolute atomic E-state index is 0.446. The smallest absolute Gasteiger partial charge is 0.276 e. The summed E-state index contributed by atoms with van der Waals surface area (Å²) in [6.45, 7) is 2.32. The predicted octanol–water partition coefficient (Wildman–Crippen LogP) is 3.68. The van der Waals surface area contributed by atoms with Gasteiger partial charge in [-0.15, -0.1) is 10.2 Å². The number of benzene rings is 1. The lowest BCUT2D eigenvalue weighted by molar-refractivity contribution is 0.343. The van der Waals surface area contributed by atoms with Crippen LogP contribution in [-0.2, 0) is 0 Å². The maximum absolute atomic E-state index is 8.84. The summed E-state index contributed by atoms with van der Waals surface area (Å²) in [7, 11) is 0. The highest BCUT2D eigenvalue weighted by atomic mass is 32.2. The molecule has 0 saturated carbocycles. The zero-order valence-electron chi connectivity index (χ0n) is 12.4. The van der Waals surface area contributed by atoms with E-state index in [4.69, 9.17) is 18.8 Å². The maximum Gasteiger partial charge on any atom is 0.276 e. The Morgan fingerprint density at radius 2 is 2.22 bits per heavy atom. The van der Waals surface area contributed by atoms with Gasteiger partial charge >= 0.3 is 0 Å². The Morgan fingerprint density at radius 1 is 1.30 bits per heavy atom. The van der Waals surface area contributed by atoms with Gasteiger partial charge in [-0.3, -0.25) is 0 Å². The van der Waals surface area contributed by atoms with Crippen molar-refractivity contribution in [2.75, 3.05) is 12.4 Å². The van der Waals surface area contributed by atoms with Crippen molar-refractivity contribution < 1.29 is 13.6 Å². The molecule has 3 aromatic rings. The van der Waals surface area contributed by atoms with Gasteiger partial charge in [0.2, 0.25) is 0 Å². The lowest BCUT2D eigenvalue weighted by Gasteiger charge is -2.04. The molecule has 3 rings (SSSR count). The summed E-state index contributed by atoms with van der Waals surface area (Å²) < 4.78 is 16.4. The molecule has 0 spiro atoms. The highest BCUT2D eigenvalue weighted by Gasteiger charge is 2.13. The maximum atomic E-state index is 8.84. The lowest BCUT2D eigenvalue weighted by Crippen LogP contribution is -2.00. The van der Waals surface area contributed by atoms with Crippen molar-refractivity contribution in [2.45, 2.75) is 12.1 Å². The summed E-state index contributed by atoms with van der Waals surface area (Å²) in [6, 6.07) is 10.9. The Bertz CT molecular complexity index is 835. The Labute approximate surface area is 137 Å². The molecule has 6 nitrogen and oxygen atoms in total. The van der Waals surface area contributed by atoms with E-state index in [1.807, 2.05) is 13.0 Å². The van der Waals surface area contributed by atoms with Gasteiger partial charge < -0.3 is 13.6 Å². The van der Waals surface area contributed by atoms with Crippen LogP contribution in [0.15, 0.2) is 50.7 Å². The molecule has 0 N–H and O–H groups in total. The molecule has 116 valence electrons. The molecule has 2 heterocycles. The zero-order chi connectivity index (χ0) is 16.1. The minimum atomic E-state index is 0.446. The number of nitriles is 1. The number of aromatic nitrogens is 2. The van der Waals surface area contributed by atoms with Gasteiger partial charge in [-0.25, -0.2) is 0 Å². The van der Waals surface area contributed by atoms with Crippen LogP contribution in [0.3, 0.4) is 0 Å². The first-order chi connectivity index (χ1) is 11.3. The minimum Gasteiger partial charge on any atom is -0.493 e. The van der Waals surface area contributed by atoms with Crippen LogP contribution in [0.2, 0.25) is 0 Å². The van der Waals surface area contributed by atoms with Gasteiger partial charge in [0, 0.05) is 5.75 Å². The summed E-state index contributed by atoms with van der Waals surface area (Å²) in [4.78, 5) is 0. The number of ether oxygens (including phenoxy) is 1. The van der Waals surface area contributed by atoms with Crippen molar-refractivity contribution in [1.82, 2.24) is 10.2 Å². The molecular formula is C16H13N3O3S. The van der Waals surface area contributed by atoms with Crippen LogP contribution >= 0.6 is 11.8 Å². The summed E-state index contributed by atoms with van der Waals surface area (Å²) in [6.07, 6.45) is 1.59. The molecule has 0 fully saturated rings. The number of thioether (sulfide) groups is 1. The first-order valence-corrected chi connectivity index (χ1v) is 7.88. The fraction of sp³-hybridized carbons (Fsp3) is 0.188. The highest BCUT2D eigenvalue weighted by Crippen LogP contribution is 2.26. The number of hydrogen-bond donors (Lipinski definition) is 0. The standard InChI is InChI=1S/C16H13N3O3S/c1-11-14(5-6-20-11)15-18-19-16(22-15)23-8-7-21-13-4-2-3-12(9-13)10-17/h2-6,9H,7-8H2,1H3. The van der Waals surface area contributed by atoms with Crippen molar-refractivity contribution in [1.29, 1.82) is 5.26 Å². The van der Waals surface area contributed by atoms with Crippen LogP contribution in [0, 0.1) is 18.3 Å². The quantitative estimate of drug-likeness (QED) is 0.504. The normalized spacial score (nSPS) is 10.4. The average Bonchev–Trinajstić information content (AvgIpc) is 3.20. The second kappa shape index (κ2) is 7.03. The van der Waals surface area contributed by atoms with Crippen LogP contribution in [0.4, 0.5) is 0 Å². The van der Waals surface area contributed by atoms with Crippen molar-refractivity contribution in [3.8, 4) is 23.3 Å². The monoisotopic (exact) mass is 327 g/mol. The predicted molar refractivity (Wildman–Crippen MR) is 84.1 cm³/mol. The van der Waals surface area contributed by atoms with Crippen LogP contribution in [0.25, 0.3) is 11.5 Å². The first-order valence-electron chi connectivity index (χ1n) is 6.90. The van der Waals surface area contributed by atoms with Gasteiger partial charge in [-0.1, -0.05) is 17.8 Å². The molecule has 0 amide bonds. The van der Waals surface area contributed by atoms with Gasteiger partial charge in [0.05, 0.1) is 30.1 Å². The third-order valence-electron chi connectivity index (χ3n) is 3.04. The molecule has 23 heavy (non-hydrogen) atoms. The van der Waals surface area contributed by atoms with Crippen molar-refractivity contribution >= 4 is 11.8 Å². The van der Waals surface area contributed by atoms with Crippen LogP contribution in [-0.4, -0.2) is 22.6 Å². The Kier molecular flexibility index (Phi) is 4.64. The van der Waals surface area contributed by atoms with E-state index in [9.17, 15) is 0 Å². The molecule has 2 aromatic heterocycles. The molecule has 0 unspecified atom stereocenters.